The van der Waals surface area contributed by atoms with Gasteiger partial charge in [-0.2, -0.15) is 0 Å². The quantitative estimate of drug-likeness (QED) is 0.896. The van der Waals surface area contributed by atoms with Gasteiger partial charge in [-0.25, -0.2) is 0 Å². The summed E-state index contributed by atoms with van der Waals surface area (Å²) in [6.07, 6.45) is 3.66. The van der Waals surface area contributed by atoms with Crippen molar-refractivity contribution >= 4 is 17.3 Å². The highest BCUT2D eigenvalue weighted by atomic mass is 16.2. The van der Waals surface area contributed by atoms with Crippen molar-refractivity contribution < 1.29 is 4.79 Å². The summed E-state index contributed by atoms with van der Waals surface area (Å²) in [5.41, 5.74) is 2.21. The second-order valence-electron chi connectivity index (χ2n) is 5.44. The molecule has 1 aromatic rings. The number of fused-ring (bicyclic) bond motifs is 1. The van der Waals surface area contributed by atoms with Gasteiger partial charge in [0.15, 0.2) is 0 Å². The Bertz CT molecular complexity index is 468. The molecule has 1 atom stereocenters. The van der Waals surface area contributed by atoms with Gasteiger partial charge in [-0.3, -0.25) is 4.79 Å². The van der Waals surface area contributed by atoms with Gasteiger partial charge in [0.2, 0.25) is 5.91 Å². The van der Waals surface area contributed by atoms with Crippen LogP contribution in [-0.2, 0) is 4.79 Å². The molecule has 1 N–H and O–H groups in total. The monoisotopic (exact) mass is 259 g/mol. The first-order valence-corrected chi connectivity index (χ1v) is 7.09. The number of anilines is 2. The van der Waals surface area contributed by atoms with Crippen LogP contribution >= 0.6 is 0 Å². The fourth-order valence-electron chi connectivity index (χ4n) is 3.02. The number of nitrogens with one attached hydrogen (secondary N) is 1. The number of nitrogens with zero attached hydrogens (tertiary/aromatic N) is 2. The van der Waals surface area contributed by atoms with Gasteiger partial charge in [-0.1, -0.05) is 12.1 Å². The lowest BCUT2D eigenvalue weighted by atomic mass is 10.1. The molecule has 2 heterocycles. The SMILES string of the molecule is CN1C(=O)CN(CCC2CCCN2)c2ccccc21. The van der Waals surface area contributed by atoms with Crippen LogP contribution in [0.3, 0.4) is 0 Å². The van der Waals surface area contributed by atoms with Gasteiger partial charge in [0.25, 0.3) is 0 Å². The van der Waals surface area contributed by atoms with Gasteiger partial charge in [-0.15, -0.1) is 0 Å². The molecular weight excluding hydrogens is 238 g/mol. The summed E-state index contributed by atoms with van der Waals surface area (Å²) < 4.78 is 0. The van der Waals surface area contributed by atoms with Gasteiger partial charge in [-0.05, 0) is 37.9 Å². The molecule has 4 nitrogen and oxygen atoms in total. The standard InChI is InChI=1S/C15H21N3O/c1-17-13-6-2-3-7-14(13)18(11-15(17)19)10-8-12-5-4-9-16-12/h2-3,6-7,12,16H,4-5,8-11H2,1H3. The highest BCUT2D eigenvalue weighted by molar-refractivity contribution is 6.02. The van der Waals surface area contributed by atoms with E-state index in [-0.39, 0.29) is 5.91 Å². The molecule has 2 aliphatic rings. The van der Waals surface area contributed by atoms with Crippen molar-refractivity contribution in [3.8, 4) is 0 Å². The summed E-state index contributed by atoms with van der Waals surface area (Å²) in [6, 6.07) is 8.79. The Morgan fingerprint density at radius 3 is 2.84 bits per heavy atom. The zero-order chi connectivity index (χ0) is 13.2. The first-order chi connectivity index (χ1) is 9.25. The maximum Gasteiger partial charge on any atom is 0.246 e. The van der Waals surface area contributed by atoms with E-state index >= 15 is 0 Å². The van der Waals surface area contributed by atoms with E-state index in [1.165, 1.54) is 18.5 Å². The van der Waals surface area contributed by atoms with Crippen LogP contribution in [0.2, 0.25) is 0 Å². The second kappa shape index (κ2) is 5.21. The van der Waals surface area contributed by atoms with Crippen molar-refractivity contribution in [3.63, 3.8) is 0 Å². The molecule has 0 spiro atoms. The minimum Gasteiger partial charge on any atom is -0.360 e. The van der Waals surface area contributed by atoms with Crippen LogP contribution in [0.4, 0.5) is 11.4 Å². The number of benzene rings is 1. The van der Waals surface area contributed by atoms with Crippen LogP contribution < -0.4 is 15.1 Å². The number of hydrogen-bond acceptors (Lipinski definition) is 3. The third-order valence-corrected chi connectivity index (χ3v) is 4.19. The third-order valence-electron chi connectivity index (χ3n) is 4.19. The minimum absolute atomic E-state index is 0.179. The molecule has 0 aromatic heterocycles. The zero-order valence-corrected chi connectivity index (χ0v) is 11.4. The number of para-hydroxylation sites is 2. The number of carbonyl (C=O) groups excluding carboxylic acids is 1. The van der Waals surface area contributed by atoms with E-state index in [9.17, 15) is 4.79 Å². The van der Waals surface area contributed by atoms with E-state index in [1.54, 1.807) is 4.90 Å². The van der Waals surface area contributed by atoms with E-state index in [0.717, 1.165) is 25.2 Å². The highest BCUT2D eigenvalue weighted by Gasteiger charge is 2.26. The summed E-state index contributed by atoms with van der Waals surface area (Å²) in [6.45, 7) is 2.59. The molecular formula is C15H21N3O. The third kappa shape index (κ3) is 2.45. The van der Waals surface area contributed by atoms with Crippen LogP contribution in [-0.4, -0.2) is 38.6 Å². The lowest BCUT2D eigenvalue weighted by Crippen LogP contribution is -2.45. The molecule has 0 bridgehead atoms. The molecule has 1 amide bonds. The molecule has 0 saturated carbocycles. The average molecular weight is 259 g/mol. The summed E-state index contributed by atoms with van der Waals surface area (Å²) in [7, 11) is 1.86. The Kier molecular flexibility index (Phi) is 3.42. The van der Waals surface area contributed by atoms with Crippen LogP contribution in [0.25, 0.3) is 0 Å². The first-order valence-electron chi connectivity index (χ1n) is 7.09. The zero-order valence-electron chi connectivity index (χ0n) is 11.4. The molecule has 0 aliphatic carbocycles. The van der Waals surface area contributed by atoms with Crippen molar-refractivity contribution in [3.05, 3.63) is 24.3 Å². The van der Waals surface area contributed by atoms with Gasteiger partial charge in [0.1, 0.15) is 0 Å². The Morgan fingerprint density at radius 1 is 1.32 bits per heavy atom. The smallest absolute Gasteiger partial charge is 0.246 e. The van der Waals surface area contributed by atoms with E-state index in [0.29, 0.717) is 12.6 Å². The lowest BCUT2D eigenvalue weighted by Gasteiger charge is -2.36. The summed E-state index contributed by atoms with van der Waals surface area (Å²) >= 11 is 0. The molecule has 1 fully saturated rings. The molecule has 19 heavy (non-hydrogen) atoms. The largest absolute Gasteiger partial charge is 0.360 e. The van der Waals surface area contributed by atoms with Gasteiger partial charge >= 0.3 is 0 Å². The Labute approximate surface area is 114 Å². The number of likely N-dealkylation sites (N-methyl/N-ethyl adjacent to an activating group) is 1. The van der Waals surface area contributed by atoms with Gasteiger partial charge in [0, 0.05) is 19.6 Å². The van der Waals surface area contributed by atoms with Crippen LogP contribution in [0, 0.1) is 0 Å². The van der Waals surface area contributed by atoms with Crippen molar-refractivity contribution in [2.45, 2.75) is 25.3 Å². The highest BCUT2D eigenvalue weighted by Crippen LogP contribution is 2.32. The second-order valence-corrected chi connectivity index (χ2v) is 5.44. The van der Waals surface area contributed by atoms with Crippen molar-refractivity contribution in [1.82, 2.24) is 5.32 Å². The van der Waals surface area contributed by atoms with Crippen molar-refractivity contribution in [2.24, 2.45) is 0 Å². The van der Waals surface area contributed by atoms with Crippen LogP contribution in [0.15, 0.2) is 24.3 Å². The van der Waals surface area contributed by atoms with Crippen LogP contribution in [0.5, 0.6) is 0 Å². The summed E-state index contributed by atoms with van der Waals surface area (Å²) in [4.78, 5) is 16.0. The molecule has 1 aromatic carbocycles. The Morgan fingerprint density at radius 2 is 2.11 bits per heavy atom. The maximum atomic E-state index is 12.0. The molecule has 4 heteroatoms. The van der Waals surface area contributed by atoms with Crippen molar-refractivity contribution in [2.75, 3.05) is 36.5 Å². The number of rotatable bonds is 3. The maximum absolute atomic E-state index is 12.0. The normalized spacial score (nSPS) is 22.8. The summed E-state index contributed by atoms with van der Waals surface area (Å²) in [5.74, 6) is 0.179. The fraction of sp³-hybridized carbons (Fsp3) is 0.533. The molecule has 0 radical (unpaired) electrons. The van der Waals surface area contributed by atoms with E-state index in [1.807, 2.05) is 25.2 Å². The molecule has 3 rings (SSSR count). The predicted molar refractivity (Wildman–Crippen MR) is 77.7 cm³/mol. The Balaban J connectivity index is 1.74. The lowest BCUT2D eigenvalue weighted by molar-refractivity contribution is -0.117. The number of carbonyl (C=O) groups is 1. The number of hydrogen-bond donors (Lipinski definition) is 1. The van der Waals surface area contributed by atoms with E-state index < -0.39 is 0 Å². The van der Waals surface area contributed by atoms with Crippen LogP contribution in [0.1, 0.15) is 19.3 Å². The topological polar surface area (TPSA) is 35.6 Å². The fourth-order valence-corrected chi connectivity index (χ4v) is 3.02. The molecule has 102 valence electrons. The summed E-state index contributed by atoms with van der Waals surface area (Å²) in [5, 5.41) is 3.52. The Hall–Kier alpha value is -1.55. The van der Waals surface area contributed by atoms with E-state index in [4.69, 9.17) is 0 Å². The van der Waals surface area contributed by atoms with E-state index in [2.05, 4.69) is 16.3 Å². The first kappa shape index (κ1) is 12.5. The number of amides is 1. The van der Waals surface area contributed by atoms with Gasteiger partial charge in [0.05, 0.1) is 17.9 Å². The average Bonchev–Trinajstić information content (AvgIpc) is 2.95. The van der Waals surface area contributed by atoms with Crippen molar-refractivity contribution in [1.29, 1.82) is 0 Å². The molecule has 1 saturated heterocycles. The molecule has 2 aliphatic heterocycles. The molecule has 1 unspecified atom stereocenters. The predicted octanol–water partition coefficient (Wildman–Crippen LogP) is 1.61. The van der Waals surface area contributed by atoms with Gasteiger partial charge < -0.3 is 15.1 Å². The minimum atomic E-state index is 0.179.